The Morgan fingerprint density at radius 2 is 2.04 bits per heavy atom. The van der Waals surface area contributed by atoms with Crippen LogP contribution >= 0.6 is 24.0 Å². The molecular formula is C18H27FIN3O. The van der Waals surface area contributed by atoms with Crippen LogP contribution in [0.2, 0.25) is 0 Å². The first kappa shape index (κ1) is 19.4. The summed E-state index contributed by atoms with van der Waals surface area (Å²) in [6.45, 7) is 8.77. The second kappa shape index (κ2) is 7.99. The Morgan fingerprint density at radius 1 is 1.33 bits per heavy atom. The van der Waals surface area contributed by atoms with Crippen molar-refractivity contribution in [1.82, 2.24) is 10.6 Å². The van der Waals surface area contributed by atoms with E-state index in [0.29, 0.717) is 24.6 Å². The van der Waals surface area contributed by atoms with Gasteiger partial charge in [0.15, 0.2) is 5.96 Å². The molecule has 24 heavy (non-hydrogen) atoms. The van der Waals surface area contributed by atoms with Gasteiger partial charge in [0.05, 0.1) is 12.6 Å². The van der Waals surface area contributed by atoms with Crippen LogP contribution in [-0.4, -0.2) is 31.3 Å². The lowest BCUT2D eigenvalue weighted by atomic mass is 9.57. The summed E-state index contributed by atoms with van der Waals surface area (Å²) < 4.78 is 18.8. The van der Waals surface area contributed by atoms with Gasteiger partial charge in [-0.25, -0.2) is 9.38 Å². The fraction of sp³-hybridized carbons (Fsp3) is 0.611. The lowest BCUT2D eigenvalue weighted by molar-refractivity contribution is -0.106. The van der Waals surface area contributed by atoms with Gasteiger partial charge in [-0.15, -0.1) is 24.0 Å². The number of ether oxygens (including phenoxy) is 1. The number of halogens is 2. The number of aliphatic imine (C=N–C) groups is 1. The Bertz CT molecular complexity index is 576. The quantitative estimate of drug-likeness (QED) is 0.423. The van der Waals surface area contributed by atoms with Crippen LogP contribution in [0.25, 0.3) is 0 Å². The fourth-order valence-electron chi connectivity index (χ4n) is 3.84. The smallest absolute Gasteiger partial charge is 0.191 e. The van der Waals surface area contributed by atoms with E-state index in [1.54, 1.807) is 12.1 Å². The van der Waals surface area contributed by atoms with Gasteiger partial charge in [0.1, 0.15) is 5.82 Å². The highest BCUT2D eigenvalue weighted by atomic mass is 127. The molecule has 0 radical (unpaired) electrons. The molecule has 3 unspecified atom stereocenters. The van der Waals surface area contributed by atoms with Crippen LogP contribution in [0, 0.1) is 17.2 Å². The van der Waals surface area contributed by atoms with Crippen LogP contribution in [0.1, 0.15) is 32.8 Å². The second-order valence-corrected chi connectivity index (χ2v) is 7.01. The predicted molar refractivity (Wildman–Crippen MR) is 105 cm³/mol. The number of fused-ring (bicyclic) bond motifs is 1. The number of benzene rings is 1. The third kappa shape index (κ3) is 3.85. The summed E-state index contributed by atoms with van der Waals surface area (Å²) in [7, 11) is 0. The first-order valence-corrected chi connectivity index (χ1v) is 8.43. The SMILES string of the molecule is CCNC(=NCc1ccc(F)cc1)NC1C2CCOC2C1(C)C.I. The molecule has 2 aliphatic rings. The minimum Gasteiger partial charge on any atom is -0.377 e. The van der Waals surface area contributed by atoms with E-state index < -0.39 is 0 Å². The molecule has 0 spiro atoms. The molecule has 1 aliphatic heterocycles. The number of nitrogens with one attached hydrogen (secondary N) is 2. The Balaban J connectivity index is 0.00000208. The molecule has 1 aliphatic carbocycles. The maximum atomic E-state index is 13.0. The molecule has 4 nitrogen and oxygen atoms in total. The number of nitrogens with zero attached hydrogens (tertiary/aromatic N) is 1. The Hall–Kier alpha value is -0.890. The van der Waals surface area contributed by atoms with E-state index in [0.717, 1.165) is 31.1 Å². The molecular weight excluding hydrogens is 420 g/mol. The molecule has 0 aromatic heterocycles. The zero-order valence-electron chi connectivity index (χ0n) is 14.5. The van der Waals surface area contributed by atoms with E-state index in [4.69, 9.17) is 4.74 Å². The van der Waals surface area contributed by atoms with Crippen molar-refractivity contribution in [2.75, 3.05) is 13.2 Å². The van der Waals surface area contributed by atoms with Crippen molar-refractivity contribution < 1.29 is 9.13 Å². The first-order chi connectivity index (χ1) is 11.0. The van der Waals surface area contributed by atoms with E-state index in [1.807, 2.05) is 0 Å². The standard InChI is InChI=1S/C18H26FN3O.HI/c1-4-20-17(21-11-12-5-7-13(19)8-6-12)22-15-14-9-10-23-16(14)18(15,2)3;/h5-8,14-16H,4,9-11H2,1-3H3,(H2,20,21,22);1H. The molecule has 3 atom stereocenters. The van der Waals surface area contributed by atoms with Gasteiger partial charge in [-0.05, 0) is 31.0 Å². The van der Waals surface area contributed by atoms with Crippen LogP contribution in [0.3, 0.4) is 0 Å². The van der Waals surface area contributed by atoms with Crippen LogP contribution in [-0.2, 0) is 11.3 Å². The van der Waals surface area contributed by atoms with Crippen molar-refractivity contribution in [3.8, 4) is 0 Å². The van der Waals surface area contributed by atoms with E-state index in [2.05, 4.69) is 36.4 Å². The van der Waals surface area contributed by atoms with Crippen LogP contribution in [0.15, 0.2) is 29.3 Å². The number of hydrogen-bond donors (Lipinski definition) is 2. The number of rotatable bonds is 4. The molecule has 1 saturated heterocycles. The lowest BCUT2D eigenvalue weighted by Crippen LogP contribution is -2.67. The summed E-state index contributed by atoms with van der Waals surface area (Å²) in [5.41, 5.74) is 1.12. The van der Waals surface area contributed by atoms with Crippen molar-refractivity contribution in [3.63, 3.8) is 0 Å². The Kier molecular flexibility index (Phi) is 6.47. The van der Waals surface area contributed by atoms with Gasteiger partial charge in [-0.2, -0.15) is 0 Å². The van der Waals surface area contributed by atoms with Gasteiger partial charge >= 0.3 is 0 Å². The van der Waals surface area contributed by atoms with Gasteiger partial charge in [-0.1, -0.05) is 26.0 Å². The van der Waals surface area contributed by atoms with Gasteiger partial charge in [0, 0.05) is 30.5 Å². The molecule has 0 bridgehead atoms. The number of hydrogen-bond acceptors (Lipinski definition) is 2. The second-order valence-electron chi connectivity index (χ2n) is 7.01. The summed E-state index contributed by atoms with van der Waals surface area (Å²) in [6.07, 6.45) is 1.48. The van der Waals surface area contributed by atoms with Crippen LogP contribution in [0.4, 0.5) is 4.39 Å². The average Bonchev–Trinajstić information content (AvgIpc) is 2.98. The summed E-state index contributed by atoms with van der Waals surface area (Å²) in [5, 5.41) is 6.89. The molecule has 1 aromatic carbocycles. The largest absolute Gasteiger partial charge is 0.377 e. The molecule has 0 amide bonds. The highest BCUT2D eigenvalue weighted by Gasteiger charge is 2.59. The van der Waals surface area contributed by atoms with Crippen LogP contribution < -0.4 is 10.6 Å². The third-order valence-corrected chi connectivity index (χ3v) is 5.07. The summed E-state index contributed by atoms with van der Waals surface area (Å²) in [6, 6.07) is 6.87. The van der Waals surface area contributed by atoms with E-state index in [-0.39, 0.29) is 35.2 Å². The van der Waals surface area contributed by atoms with Crippen molar-refractivity contribution >= 4 is 29.9 Å². The molecule has 1 saturated carbocycles. The van der Waals surface area contributed by atoms with Gasteiger partial charge in [0.2, 0.25) is 0 Å². The van der Waals surface area contributed by atoms with E-state index >= 15 is 0 Å². The highest BCUT2D eigenvalue weighted by molar-refractivity contribution is 14.0. The van der Waals surface area contributed by atoms with Gasteiger partial charge in [0.25, 0.3) is 0 Å². The Morgan fingerprint density at radius 3 is 2.71 bits per heavy atom. The minimum atomic E-state index is -0.216. The molecule has 6 heteroatoms. The summed E-state index contributed by atoms with van der Waals surface area (Å²) in [4.78, 5) is 4.65. The monoisotopic (exact) mass is 447 g/mol. The van der Waals surface area contributed by atoms with Crippen LogP contribution in [0.5, 0.6) is 0 Å². The molecule has 2 N–H and O–H groups in total. The lowest BCUT2D eigenvalue weighted by Gasteiger charge is -2.54. The zero-order valence-corrected chi connectivity index (χ0v) is 16.8. The average molecular weight is 447 g/mol. The minimum absolute atomic E-state index is 0. The fourth-order valence-corrected chi connectivity index (χ4v) is 3.84. The van der Waals surface area contributed by atoms with Crippen molar-refractivity contribution in [3.05, 3.63) is 35.6 Å². The van der Waals surface area contributed by atoms with Crippen molar-refractivity contribution in [2.45, 2.75) is 45.9 Å². The summed E-state index contributed by atoms with van der Waals surface area (Å²) in [5.74, 6) is 1.17. The van der Waals surface area contributed by atoms with E-state index in [9.17, 15) is 4.39 Å². The summed E-state index contributed by atoms with van der Waals surface area (Å²) >= 11 is 0. The third-order valence-electron chi connectivity index (χ3n) is 5.07. The van der Waals surface area contributed by atoms with Gasteiger partial charge in [-0.3, -0.25) is 0 Å². The molecule has 1 heterocycles. The zero-order chi connectivity index (χ0) is 16.4. The molecule has 134 valence electrons. The molecule has 2 fully saturated rings. The number of guanidine groups is 1. The predicted octanol–water partition coefficient (Wildman–Crippen LogP) is 3.31. The maximum absolute atomic E-state index is 13.0. The van der Waals surface area contributed by atoms with Crippen molar-refractivity contribution in [2.24, 2.45) is 16.3 Å². The normalized spacial score (nSPS) is 27.7. The van der Waals surface area contributed by atoms with Crippen molar-refractivity contribution in [1.29, 1.82) is 0 Å². The maximum Gasteiger partial charge on any atom is 0.191 e. The molecule has 3 rings (SSSR count). The Labute approximate surface area is 160 Å². The topological polar surface area (TPSA) is 45.7 Å². The highest BCUT2D eigenvalue weighted by Crippen LogP contribution is 2.52. The van der Waals surface area contributed by atoms with Gasteiger partial charge < -0.3 is 15.4 Å². The first-order valence-electron chi connectivity index (χ1n) is 8.43. The molecule has 1 aromatic rings. The van der Waals surface area contributed by atoms with E-state index in [1.165, 1.54) is 12.1 Å².